The zero-order valence-corrected chi connectivity index (χ0v) is 18.2. The second-order valence-corrected chi connectivity index (χ2v) is 12.9. The summed E-state index contributed by atoms with van der Waals surface area (Å²) in [5.74, 6) is 2.06. The van der Waals surface area contributed by atoms with Gasteiger partial charge in [-0.3, -0.25) is 0 Å². The van der Waals surface area contributed by atoms with E-state index >= 15 is 0 Å². The number of hydrogen-bond donors (Lipinski definition) is 0. The molecule has 0 aliphatic carbocycles. The van der Waals surface area contributed by atoms with Crippen molar-refractivity contribution in [2.24, 2.45) is 0 Å². The van der Waals surface area contributed by atoms with Crippen LogP contribution in [0.15, 0.2) is 24.5 Å². The van der Waals surface area contributed by atoms with E-state index < -0.39 is 6.62 Å². The highest BCUT2D eigenvalue weighted by Crippen LogP contribution is 2.50. The van der Waals surface area contributed by atoms with Gasteiger partial charge in [0.2, 0.25) is 0 Å². The Morgan fingerprint density at radius 3 is 1.41 bits per heavy atom. The zero-order valence-electron chi connectivity index (χ0n) is 15.8. The van der Waals surface area contributed by atoms with Crippen LogP contribution in [-0.2, 0) is 16.2 Å². The molecule has 0 aliphatic rings. The summed E-state index contributed by atoms with van der Waals surface area (Å²) in [6, 6.07) is 4.84. The van der Waals surface area contributed by atoms with E-state index in [9.17, 15) is 0 Å². The van der Waals surface area contributed by atoms with Crippen LogP contribution < -0.4 is 5.30 Å². The fraction of sp³-hybridized carbons (Fsp3) is 0.600. The molecule has 1 aromatic rings. The fourth-order valence-electron chi connectivity index (χ4n) is 2.53. The summed E-state index contributed by atoms with van der Waals surface area (Å²) in [6.07, 6.45) is 0. The van der Waals surface area contributed by atoms with Gasteiger partial charge in [0.1, 0.15) is 0 Å². The lowest BCUT2D eigenvalue weighted by molar-refractivity contribution is 0.554. The molecular weight excluding hydrogens is 351 g/mol. The highest BCUT2D eigenvalue weighted by Gasteiger charge is 2.30. The molecular formula is C20H32BrP. The maximum absolute atomic E-state index is 4.04. The van der Waals surface area contributed by atoms with Crippen molar-refractivity contribution in [2.45, 2.75) is 78.6 Å². The smallest absolute Gasteiger partial charge is 0.0191 e. The van der Waals surface area contributed by atoms with Crippen molar-refractivity contribution >= 4 is 27.4 Å². The molecule has 0 heterocycles. The van der Waals surface area contributed by atoms with Crippen LogP contribution in [0.2, 0.25) is 0 Å². The molecule has 1 unspecified atom stereocenters. The largest absolute Gasteiger partial charge is 0.0975 e. The van der Waals surface area contributed by atoms with E-state index in [-0.39, 0.29) is 16.2 Å². The van der Waals surface area contributed by atoms with E-state index in [0.717, 1.165) is 0 Å². The Morgan fingerprint density at radius 2 is 1.18 bits per heavy atom. The Kier molecular flexibility index (Phi) is 5.80. The molecule has 0 radical (unpaired) electrons. The van der Waals surface area contributed by atoms with Crippen molar-refractivity contribution in [3.05, 3.63) is 41.2 Å². The maximum atomic E-state index is 4.04. The van der Waals surface area contributed by atoms with Gasteiger partial charge in [-0.15, -0.1) is 0 Å². The van der Waals surface area contributed by atoms with Crippen molar-refractivity contribution in [1.29, 1.82) is 0 Å². The van der Waals surface area contributed by atoms with Gasteiger partial charge in [-0.2, -0.15) is 0 Å². The minimum Gasteiger partial charge on any atom is -0.0975 e. The van der Waals surface area contributed by atoms with Crippen LogP contribution in [-0.4, -0.2) is 0 Å². The Labute approximate surface area is 147 Å². The van der Waals surface area contributed by atoms with E-state index in [0.29, 0.717) is 0 Å². The summed E-state index contributed by atoms with van der Waals surface area (Å²) >= 11 is 3.89. The quantitative estimate of drug-likeness (QED) is 0.476. The first kappa shape index (κ1) is 19.9. The zero-order chi connectivity index (χ0) is 17.5. The highest BCUT2D eigenvalue weighted by atomic mass is 79.9. The van der Waals surface area contributed by atoms with Crippen molar-refractivity contribution in [2.75, 3.05) is 0 Å². The number of hydrogen-bond acceptors (Lipinski definition) is 0. The Hall–Kier alpha value is -0.130. The topological polar surface area (TPSA) is 0 Å². The third-order valence-corrected chi connectivity index (χ3v) is 7.13. The minimum atomic E-state index is -0.515. The van der Waals surface area contributed by atoms with Crippen LogP contribution in [0.1, 0.15) is 79.0 Å². The minimum absolute atomic E-state index is 0.119. The molecule has 22 heavy (non-hydrogen) atoms. The molecule has 0 fully saturated rings. The van der Waals surface area contributed by atoms with E-state index in [4.69, 9.17) is 0 Å². The molecule has 0 aromatic heterocycles. The molecule has 1 atom stereocenters. The Morgan fingerprint density at radius 1 is 0.818 bits per heavy atom. The van der Waals surface area contributed by atoms with Crippen LogP contribution in [0.25, 0.3) is 0 Å². The first-order valence-electron chi connectivity index (χ1n) is 7.96. The average molecular weight is 383 g/mol. The summed E-state index contributed by atoms with van der Waals surface area (Å²) in [4.78, 5) is 0. The van der Waals surface area contributed by atoms with Gasteiger partial charge in [0.15, 0.2) is 0 Å². The molecule has 0 amide bonds. The van der Waals surface area contributed by atoms with Crippen LogP contribution in [0.4, 0.5) is 0 Å². The molecule has 0 saturated heterocycles. The molecule has 0 N–H and O–H groups in total. The lowest BCUT2D eigenvalue weighted by atomic mass is 9.75. The number of rotatable bonds is 2. The lowest BCUT2D eigenvalue weighted by Crippen LogP contribution is -2.30. The SMILES string of the molecule is C=CP(Br)c1c(C(C)(C)C)cc(C(C)(C)C)cc1C(C)(C)C. The van der Waals surface area contributed by atoms with Gasteiger partial charge in [0, 0.05) is 6.62 Å². The summed E-state index contributed by atoms with van der Waals surface area (Å²) < 4.78 is 0. The first-order chi connectivity index (χ1) is 9.69. The van der Waals surface area contributed by atoms with Gasteiger partial charge < -0.3 is 0 Å². The number of halogens is 1. The van der Waals surface area contributed by atoms with Gasteiger partial charge >= 0.3 is 0 Å². The third kappa shape index (κ3) is 4.45. The van der Waals surface area contributed by atoms with E-state index in [2.05, 4.69) is 102 Å². The van der Waals surface area contributed by atoms with Crippen molar-refractivity contribution in [3.8, 4) is 0 Å². The predicted octanol–water partition coefficient (Wildman–Crippen LogP) is 7.14. The lowest BCUT2D eigenvalue weighted by Gasteiger charge is -2.34. The van der Waals surface area contributed by atoms with Gasteiger partial charge in [0.05, 0.1) is 0 Å². The van der Waals surface area contributed by atoms with Crippen LogP contribution in [0, 0.1) is 0 Å². The van der Waals surface area contributed by atoms with Gasteiger partial charge in [-0.1, -0.05) is 102 Å². The summed E-state index contributed by atoms with van der Waals surface area (Å²) in [5, 5.41) is 1.46. The van der Waals surface area contributed by atoms with Crippen LogP contribution >= 0.6 is 22.1 Å². The normalized spacial score (nSPS) is 14.8. The van der Waals surface area contributed by atoms with Gasteiger partial charge in [-0.05, 0) is 38.2 Å². The Balaban J connectivity index is 3.90. The summed E-state index contributed by atoms with van der Waals surface area (Å²) in [6.45, 7) is 24.3. The van der Waals surface area contributed by atoms with E-state index in [1.165, 1.54) is 22.0 Å². The highest BCUT2D eigenvalue weighted by molar-refractivity contribution is 9.40. The van der Waals surface area contributed by atoms with Crippen molar-refractivity contribution in [1.82, 2.24) is 0 Å². The molecule has 1 rings (SSSR count). The third-order valence-electron chi connectivity index (χ3n) is 3.97. The fourth-order valence-corrected chi connectivity index (χ4v) is 5.12. The molecule has 0 saturated carbocycles. The monoisotopic (exact) mass is 382 g/mol. The Bertz CT molecular complexity index is 516. The second kappa shape index (κ2) is 6.40. The first-order valence-corrected chi connectivity index (χ1v) is 11.4. The molecule has 1 aromatic carbocycles. The average Bonchev–Trinajstić information content (AvgIpc) is 2.33. The molecule has 2 heteroatoms. The molecule has 0 nitrogen and oxygen atoms in total. The molecule has 0 bridgehead atoms. The standard InChI is InChI=1S/C20H32BrP/c1-11-22(21)17-15(19(5,6)7)12-14(18(2,3)4)13-16(17)20(8,9)10/h11-13H,1H2,2-10H3. The summed E-state index contributed by atoms with van der Waals surface area (Å²) in [7, 11) is 0. The molecule has 0 spiro atoms. The molecule has 124 valence electrons. The van der Waals surface area contributed by atoms with Gasteiger partial charge in [0.25, 0.3) is 0 Å². The second-order valence-electron chi connectivity index (χ2n) is 9.16. The predicted molar refractivity (Wildman–Crippen MR) is 108 cm³/mol. The maximum Gasteiger partial charge on any atom is 0.0191 e. The van der Waals surface area contributed by atoms with Crippen molar-refractivity contribution in [3.63, 3.8) is 0 Å². The number of benzene rings is 1. The van der Waals surface area contributed by atoms with Crippen LogP contribution in [0.3, 0.4) is 0 Å². The van der Waals surface area contributed by atoms with Gasteiger partial charge in [-0.25, -0.2) is 0 Å². The summed E-state index contributed by atoms with van der Waals surface area (Å²) in [5.41, 5.74) is 4.72. The molecule has 0 aliphatic heterocycles. The van der Waals surface area contributed by atoms with E-state index in [1.807, 2.05) is 0 Å². The van der Waals surface area contributed by atoms with E-state index in [1.54, 1.807) is 0 Å². The van der Waals surface area contributed by atoms with Crippen molar-refractivity contribution < 1.29 is 0 Å². The van der Waals surface area contributed by atoms with Crippen LogP contribution in [0.5, 0.6) is 0 Å².